The van der Waals surface area contributed by atoms with Crippen LogP contribution in [0.2, 0.25) is 0 Å². The molecule has 0 spiro atoms. The van der Waals surface area contributed by atoms with Crippen molar-refractivity contribution in [1.29, 1.82) is 0 Å². The van der Waals surface area contributed by atoms with E-state index in [1.54, 1.807) is 12.1 Å². The fourth-order valence-corrected chi connectivity index (χ4v) is 1.92. The number of benzene rings is 1. The van der Waals surface area contributed by atoms with Gasteiger partial charge in [-0.1, -0.05) is 31.5 Å². The Morgan fingerprint density at radius 3 is 2.41 bits per heavy atom. The Labute approximate surface area is 128 Å². The summed E-state index contributed by atoms with van der Waals surface area (Å²) < 4.78 is 0. The number of nitrogens with one attached hydrogen (secondary N) is 3. The van der Waals surface area contributed by atoms with E-state index in [1.807, 2.05) is 32.9 Å². The summed E-state index contributed by atoms with van der Waals surface area (Å²) in [5.41, 5.74) is 1.59. The molecule has 0 fully saturated rings. The fraction of sp³-hybridized carbons (Fsp3) is 0.333. The highest BCUT2D eigenvalue weighted by atomic mass is 16.2. The quantitative estimate of drug-likeness (QED) is 0.779. The van der Waals surface area contributed by atoms with Crippen LogP contribution in [-0.2, 0) is 4.79 Å². The first-order valence-electron chi connectivity index (χ1n) is 7.01. The van der Waals surface area contributed by atoms with Crippen LogP contribution in [0, 0.1) is 12.8 Å². The van der Waals surface area contributed by atoms with Crippen LogP contribution >= 0.6 is 0 Å². The second kappa shape index (κ2) is 6.84. The third-order valence-corrected chi connectivity index (χ3v) is 3.21. The average molecular weight is 301 g/mol. The lowest BCUT2D eigenvalue weighted by molar-refractivity contribution is -0.118. The van der Waals surface area contributed by atoms with E-state index in [0.29, 0.717) is 5.56 Å². The van der Waals surface area contributed by atoms with Gasteiger partial charge in [-0.05, 0) is 25.0 Å². The molecule has 0 aliphatic rings. The van der Waals surface area contributed by atoms with Gasteiger partial charge in [0.25, 0.3) is 5.91 Å². The highest BCUT2D eigenvalue weighted by Gasteiger charge is 2.25. The molecule has 1 unspecified atom stereocenters. The number of aryl methyl sites for hydroxylation is 1. The van der Waals surface area contributed by atoms with E-state index < -0.39 is 6.04 Å². The predicted molar refractivity (Wildman–Crippen MR) is 82.3 cm³/mol. The van der Waals surface area contributed by atoms with Crippen molar-refractivity contribution in [3.8, 4) is 0 Å². The molecule has 0 aliphatic carbocycles. The Morgan fingerprint density at radius 2 is 1.86 bits per heavy atom. The van der Waals surface area contributed by atoms with Crippen molar-refractivity contribution in [3.05, 3.63) is 41.7 Å². The highest BCUT2D eigenvalue weighted by Crippen LogP contribution is 2.08. The number of aromatic amines is 1. The van der Waals surface area contributed by atoms with E-state index in [0.717, 1.165) is 5.56 Å². The van der Waals surface area contributed by atoms with Crippen molar-refractivity contribution in [2.24, 2.45) is 5.92 Å². The Balaban J connectivity index is 2.06. The van der Waals surface area contributed by atoms with Crippen molar-refractivity contribution in [3.63, 3.8) is 0 Å². The normalized spacial score (nSPS) is 12.0. The molecule has 7 heteroatoms. The van der Waals surface area contributed by atoms with Gasteiger partial charge in [-0.2, -0.15) is 10.1 Å². The van der Waals surface area contributed by atoms with Gasteiger partial charge in [0.05, 0.1) is 0 Å². The van der Waals surface area contributed by atoms with Gasteiger partial charge in [0, 0.05) is 5.56 Å². The van der Waals surface area contributed by atoms with Gasteiger partial charge < -0.3 is 5.32 Å². The van der Waals surface area contributed by atoms with Gasteiger partial charge in [-0.15, -0.1) is 0 Å². The van der Waals surface area contributed by atoms with Gasteiger partial charge in [-0.3, -0.25) is 14.9 Å². The zero-order valence-corrected chi connectivity index (χ0v) is 12.8. The second-order valence-corrected chi connectivity index (χ2v) is 5.38. The molecule has 0 aliphatic heterocycles. The van der Waals surface area contributed by atoms with E-state index in [2.05, 4.69) is 25.8 Å². The number of aromatic nitrogens is 3. The number of anilines is 1. The summed E-state index contributed by atoms with van der Waals surface area (Å²) in [6, 6.07) is 6.51. The summed E-state index contributed by atoms with van der Waals surface area (Å²) in [5, 5.41) is 11.5. The van der Waals surface area contributed by atoms with Crippen molar-refractivity contribution >= 4 is 17.8 Å². The smallest absolute Gasteiger partial charge is 0.251 e. The second-order valence-electron chi connectivity index (χ2n) is 5.38. The Bertz CT molecular complexity index is 634. The zero-order chi connectivity index (χ0) is 16.1. The third-order valence-electron chi connectivity index (χ3n) is 3.21. The molecule has 3 N–H and O–H groups in total. The lowest BCUT2D eigenvalue weighted by Gasteiger charge is -2.21. The minimum atomic E-state index is -0.668. The molecule has 1 aromatic carbocycles. The Morgan fingerprint density at radius 1 is 1.18 bits per heavy atom. The fourth-order valence-electron chi connectivity index (χ4n) is 1.92. The van der Waals surface area contributed by atoms with Crippen LogP contribution in [0.25, 0.3) is 0 Å². The molecule has 1 aromatic heterocycles. The van der Waals surface area contributed by atoms with E-state index in [4.69, 9.17) is 0 Å². The summed E-state index contributed by atoms with van der Waals surface area (Å²) in [5.74, 6) is -0.448. The van der Waals surface area contributed by atoms with Crippen LogP contribution in [0.4, 0.5) is 5.95 Å². The zero-order valence-electron chi connectivity index (χ0n) is 12.8. The first kappa shape index (κ1) is 15.7. The number of hydrogen-bond acceptors (Lipinski definition) is 4. The predicted octanol–water partition coefficient (Wildman–Crippen LogP) is 1.51. The minimum Gasteiger partial charge on any atom is -0.340 e. The Hall–Kier alpha value is -2.70. The summed E-state index contributed by atoms with van der Waals surface area (Å²) in [6.07, 6.45) is 1.30. The molecule has 2 rings (SSSR count). The van der Waals surface area contributed by atoms with Gasteiger partial charge in [0.15, 0.2) is 0 Å². The lowest BCUT2D eigenvalue weighted by atomic mass is 10.0. The molecule has 2 aromatic rings. The van der Waals surface area contributed by atoms with Gasteiger partial charge in [-0.25, -0.2) is 5.10 Å². The molecular formula is C15H19N5O2. The number of nitrogens with zero attached hydrogens (tertiary/aromatic N) is 2. The molecule has 0 radical (unpaired) electrons. The summed E-state index contributed by atoms with van der Waals surface area (Å²) in [4.78, 5) is 28.3. The van der Waals surface area contributed by atoms with Crippen molar-refractivity contribution in [2.75, 3.05) is 5.32 Å². The van der Waals surface area contributed by atoms with Crippen LogP contribution in [0.15, 0.2) is 30.6 Å². The van der Waals surface area contributed by atoms with E-state index in [-0.39, 0.29) is 23.7 Å². The molecule has 0 bridgehead atoms. The maximum atomic E-state index is 12.3. The lowest BCUT2D eigenvalue weighted by Crippen LogP contribution is -2.47. The molecule has 1 atom stereocenters. The average Bonchev–Trinajstić information content (AvgIpc) is 2.97. The number of H-pyrrole nitrogens is 1. The van der Waals surface area contributed by atoms with Gasteiger partial charge in [0.1, 0.15) is 12.4 Å². The molecule has 0 saturated heterocycles. The minimum absolute atomic E-state index is 0.0719. The Kier molecular flexibility index (Phi) is 4.88. The summed E-state index contributed by atoms with van der Waals surface area (Å²) >= 11 is 0. The SMILES string of the molecule is Cc1ccc(C(=O)NC(C(=O)Nc2ncn[nH]2)C(C)C)cc1. The van der Waals surface area contributed by atoms with Crippen molar-refractivity contribution < 1.29 is 9.59 Å². The molecule has 116 valence electrons. The number of carbonyl (C=O) groups is 2. The molecule has 2 amide bonds. The van der Waals surface area contributed by atoms with Crippen LogP contribution in [-0.4, -0.2) is 33.0 Å². The molecule has 7 nitrogen and oxygen atoms in total. The summed E-state index contributed by atoms with van der Waals surface area (Å²) in [7, 11) is 0. The number of rotatable bonds is 5. The molecule has 0 saturated carbocycles. The maximum Gasteiger partial charge on any atom is 0.251 e. The first-order valence-corrected chi connectivity index (χ1v) is 7.01. The van der Waals surface area contributed by atoms with Crippen molar-refractivity contribution in [2.45, 2.75) is 26.8 Å². The van der Waals surface area contributed by atoms with E-state index in [9.17, 15) is 9.59 Å². The highest BCUT2D eigenvalue weighted by molar-refractivity contribution is 6.00. The topological polar surface area (TPSA) is 99.8 Å². The van der Waals surface area contributed by atoms with Gasteiger partial charge in [0.2, 0.25) is 11.9 Å². The largest absolute Gasteiger partial charge is 0.340 e. The van der Waals surface area contributed by atoms with Crippen LogP contribution in [0.3, 0.4) is 0 Å². The van der Waals surface area contributed by atoms with Crippen LogP contribution in [0.1, 0.15) is 29.8 Å². The number of amides is 2. The molecule has 22 heavy (non-hydrogen) atoms. The van der Waals surface area contributed by atoms with E-state index in [1.165, 1.54) is 6.33 Å². The molecular weight excluding hydrogens is 282 g/mol. The number of hydrogen-bond donors (Lipinski definition) is 3. The van der Waals surface area contributed by atoms with Gasteiger partial charge >= 0.3 is 0 Å². The first-order chi connectivity index (χ1) is 10.5. The maximum absolute atomic E-state index is 12.3. The van der Waals surface area contributed by atoms with E-state index >= 15 is 0 Å². The monoisotopic (exact) mass is 301 g/mol. The number of carbonyl (C=O) groups excluding carboxylic acids is 2. The third kappa shape index (κ3) is 3.91. The van der Waals surface area contributed by atoms with Crippen molar-refractivity contribution in [1.82, 2.24) is 20.5 Å². The van der Waals surface area contributed by atoms with Crippen LogP contribution in [0.5, 0.6) is 0 Å². The molecule has 1 heterocycles. The summed E-state index contributed by atoms with van der Waals surface area (Å²) in [6.45, 7) is 5.67. The standard InChI is InChI=1S/C15H19N5O2/c1-9(2)12(14(22)19-15-16-8-17-20-15)18-13(21)11-6-4-10(3)5-7-11/h4-9,12H,1-3H3,(H,18,21)(H2,16,17,19,20,22). The van der Waals surface area contributed by atoms with Crippen LogP contribution < -0.4 is 10.6 Å².